The zero-order chi connectivity index (χ0) is 10.4. The molecule has 0 spiro atoms. The molecule has 78 valence electrons. The zero-order valence-corrected chi connectivity index (χ0v) is 8.92. The van der Waals surface area contributed by atoms with E-state index in [1.54, 1.807) is 17.0 Å². The summed E-state index contributed by atoms with van der Waals surface area (Å²) in [5.74, 6) is 0.839. The van der Waals surface area contributed by atoms with Crippen molar-refractivity contribution in [2.75, 3.05) is 17.7 Å². The molecule has 1 aromatic heterocycles. The van der Waals surface area contributed by atoms with Crippen LogP contribution >= 0.6 is 11.6 Å². The minimum Gasteiger partial charge on any atom is -0.364 e. The molecule has 14 heavy (non-hydrogen) atoms. The molecule has 0 aliphatic heterocycles. The van der Waals surface area contributed by atoms with Gasteiger partial charge in [-0.2, -0.15) is 0 Å². The second-order valence-corrected chi connectivity index (χ2v) is 3.27. The van der Waals surface area contributed by atoms with Crippen LogP contribution in [0.5, 0.6) is 0 Å². The molecule has 0 aliphatic rings. The fourth-order valence-corrected chi connectivity index (χ4v) is 1.25. The van der Waals surface area contributed by atoms with Crippen molar-refractivity contribution < 1.29 is 0 Å². The molecule has 0 saturated heterocycles. The molecule has 4 nitrogen and oxygen atoms in total. The van der Waals surface area contributed by atoms with E-state index < -0.39 is 0 Å². The molecule has 0 aromatic carbocycles. The maximum Gasteiger partial charge on any atom is 0.293 e. The fourth-order valence-electron chi connectivity index (χ4n) is 1.15. The summed E-state index contributed by atoms with van der Waals surface area (Å²) >= 11 is 5.51. The highest BCUT2D eigenvalue weighted by Gasteiger charge is 2.02. The average Bonchev–Trinajstić information content (AvgIpc) is 2.20. The minimum atomic E-state index is -0.0838. The standard InChI is InChI=1S/C9H14ClN3O/c1-2-6-13-7-5-12-8(9(13)14)11-4-3-10/h5,7H,2-4,6H2,1H3,(H,11,12). The Morgan fingerprint density at radius 1 is 1.64 bits per heavy atom. The Morgan fingerprint density at radius 2 is 2.43 bits per heavy atom. The lowest BCUT2D eigenvalue weighted by Crippen LogP contribution is -2.24. The smallest absolute Gasteiger partial charge is 0.293 e. The predicted molar refractivity (Wildman–Crippen MR) is 58.0 cm³/mol. The van der Waals surface area contributed by atoms with Crippen LogP contribution in [0.2, 0.25) is 0 Å². The van der Waals surface area contributed by atoms with Crippen molar-refractivity contribution in [3.8, 4) is 0 Å². The summed E-state index contributed by atoms with van der Waals surface area (Å²) in [6.07, 6.45) is 4.24. The van der Waals surface area contributed by atoms with Gasteiger partial charge in [0.25, 0.3) is 5.56 Å². The average molecular weight is 216 g/mol. The van der Waals surface area contributed by atoms with E-state index in [0.29, 0.717) is 18.2 Å². The van der Waals surface area contributed by atoms with Gasteiger partial charge in [0.05, 0.1) is 0 Å². The van der Waals surface area contributed by atoms with Gasteiger partial charge in [-0.15, -0.1) is 11.6 Å². The summed E-state index contributed by atoms with van der Waals surface area (Å²) < 4.78 is 1.64. The van der Waals surface area contributed by atoms with Gasteiger partial charge in [-0.1, -0.05) is 6.92 Å². The number of halogens is 1. The van der Waals surface area contributed by atoms with E-state index in [2.05, 4.69) is 10.3 Å². The van der Waals surface area contributed by atoms with Crippen LogP contribution in [0, 0.1) is 0 Å². The van der Waals surface area contributed by atoms with Gasteiger partial charge in [0.1, 0.15) is 0 Å². The molecule has 5 heteroatoms. The topological polar surface area (TPSA) is 46.9 Å². The van der Waals surface area contributed by atoms with E-state index in [4.69, 9.17) is 11.6 Å². The summed E-state index contributed by atoms with van der Waals surface area (Å²) in [7, 11) is 0. The van der Waals surface area contributed by atoms with Crippen molar-refractivity contribution in [1.29, 1.82) is 0 Å². The quantitative estimate of drug-likeness (QED) is 0.754. The van der Waals surface area contributed by atoms with Crippen LogP contribution < -0.4 is 10.9 Å². The van der Waals surface area contributed by atoms with Crippen LogP contribution in [0.15, 0.2) is 17.2 Å². The fraction of sp³-hybridized carbons (Fsp3) is 0.556. The van der Waals surface area contributed by atoms with Crippen molar-refractivity contribution in [2.24, 2.45) is 0 Å². The van der Waals surface area contributed by atoms with Crippen LogP contribution in [0.4, 0.5) is 5.82 Å². The number of aryl methyl sites for hydroxylation is 1. The first-order chi connectivity index (χ1) is 6.79. The summed E-state index contributed by atoms with van der Waals surface area (Å²) in [4.78, 5) is 15.6. The first kappa shape index (κ1) is 11.0. The number of anilines is 1. The van der Waals surface area contributed by atoms with Gasteiger partial charge in [-0.25, -0.2) is 4.98 Å². The predicted octanol–water partition coefficient (Wildman–Crippen LogP) is 1.30. The number of aromatic nitrogens is 2. The lowest BCUT2D eigenvalue weighted by atomic mass is 10.4. The summed E-state index contributed by atoms with van der Waals surface area (Å²) in [5, 5.41) is 2.89. The molecule has 0 unspecified atom stereocenters. The highest BCUT2D eigenvalue weighted by Crippen LogP contribution is 1.93. The highest BCUT2D eigenvalue weighted by atomic mass is 35.5. The molecule has 0 amide bonds. The maximum absolute atomic E-state index is 11.7. The molecule has 0 fully saturated rings. The Labute approximate surface area is 87.9 Å². The summed E-state index contributed by atoms with van der Waals surface area (Å²) in [6, 6.07) is 0. The van der Waals surface area contributed by atoms with Crippen LogP contribution in [0.25, 0.3) is 0 Å². The van der Waals surface area contributed by atoms with Gasteiger partial charge in [-0.3, -0.25) is 4.79 Å². The van der Waals surface area contributed by atoms with E-state index >= 15 is 0 Å². The van der Waals surface area contributed by atoms with Gasteiger partial charge in [0.15, 0.2) is 5.82 Å². The van der Waals surface area contributed by atoms with Gasteiger partial charge in [-0.05, 0) is 6.42 Å². The number of nitrogens with zero attached hydrogens (tertiary/aromatic N) is 2. The molecule has 1 aromatic rings. The molecule has 0 aliphatic carbocycles. The second kappa shape index (κ2) is 5.65. The third-order valence-electron chi connectivity index (χ3n) is 1.77. The van der Waals surface area contributed by atoms with E-state index in [1.807, 2.05) is 6.92 Å². The van der Waals surface area contributed by atoms with Crippen LogP contribution in [-0.2, 0) is 6.54 Å². The van der Waals surface area contributed by atoms with E-state index in [0.717, 1.165) is 13.0 Å². The number of hydrogen-bond acceptors (Lipinski definition) is 3. The molecular weight excluding hydrogens is 202 g/mol. The number of alkyl halides is 1. The van der Waals surface area contributed by atoms with Crippen molar-refractivity contribution in [3.05, 3.63) is 22.7 Å². The zero-order valence-electron chi connectivity index (χ0n) is 8.16. The van der Waals surface area contributed by atoms with Crippen LogP contribution in [-0.4, -0.2) is 22.0 Å². The van der Waals surface area contributed by atoms with Gasteiger partial charge in [0, 0.05) is 31.4 Å². The van der Waals surface area contributed by atoms with Crippen molar-refractivity contribution in [1.82, 2.24) is 9.55 Å². The first-order valence-corrected chi connectivity index (χ1v) is 5.18. The lowest BCUT2D eigenvalue weighted by molar-refractivity contribution is 0.649. The number of rotatable bonds is 5. The molecule has 0 atom stereocenters. The number of nitrogens with one attached hydrogen (secondary N) is 1. The van der Waals surface area contributed by atoms with Crippen molar-refractivity contribution in [3.63, 3.8) is 0 Å². The largest absolute Gasteiger partial charge is 0.364 e. The molecule has 0 saturated carbocycles. The Morgan fingerprint density at radius 3 is 3.07 bits per heavy atom. The lowest BCUT2D eigenvalue weighted by Gasteiger charge is -2.06. The monoisotopic (exact) mass is 215 g/mol. The normalized spacial score (nSPS) is 10.1. The molecule has 1 N–H and O–H groups in total. The third-order valence-corrected chi connectivity index (χ3v) is 1.95. The van der Waals surface area contributed by atoms with E-state index in [1.165, 1.54) is 0 Å². The second-order valence-electron chi connectivity index (χ2n) is 2.89. The minimum absolute atomic E-state index is 0.0838. The van der Waals surface area contributed by atoms with Crippen LogP contribution in [0.1, 0.15) is 13.3 Å². The van der Waals surface area contributed by atoms with Gasteiger partial charge >= 0.3 is 0 Å². The number of hydrogen-bond donors (Lipinski definition) is 1. The molecule has 0 radical (unpaired) electrons. The summed E-state index contributed by atoms with van der Waals surface area (Å²) in [6.45, 7) is 3.30. The molecule has 1 heterocycles. The SMILES string of the molecule is CCCn1ccnc(NCCCl)c1=O. The van der Waals surface area contributed by atoms with E-state index in [-0.39, 0.29) is 5.56 Å². The van der Waals surface area contributed by atoms with Gasteiger partial charge < -0.3 is 9.88 Å². The first-order valence-electron chi connectivity index (χ1n) is 4.65. The molecule has 1 rings (SSSR count). The third kappa shape index (κ3) is 2.73. The molecular formula is C9H14ClN3O. The van der Waals surface area contributed by atoms with Crippen molar-refractivity contribution >= 4 is 17.4 Å². The van der Waals surface area contributed by atoms with E-state index in [9.17, 15) is 4.79 Å². The Kier molecular flexibility index (Phi) is 4.46. The Balaban J connectivity index is 2.84. The Bertz CT molecular complexity index is 337. The summed E-state index contributed by atoms with van der Waals surface area (Å²) in [5.41, 5.74) is -0.0838. The van der Waals surface area contributed by atoms with Crippen molar-refractivity contribution in [2.45, 2.75) is 19.9 Å². The Hall–Kier alpha value is -1.03. The van der Waals surface area contributed by atoms with Crippen LogP contribution in [0.3, 0.4) is 0 Å². The molecule has 0 bridgehead atoms. The maximum atomic E-state index is 11.7. The van der Waals surface area contributed by atoms with Gasteiger partial charge in [0.2, 0.25) is 0 Å². The highest BCUT2D eigenvalue weighted by molar-refractivity contribution is 6.18.